The number of hydrogen-bond donors (Lipinski definition) is 2. The Morgan fingerprint density at radius 1 is 1.14 bits per heavy atom. The normalized spacial score (nSPS) is 14.0. The summed E-state index contributed by atoms with van der Waals surface area (Å²) in [7, 11) is 5.87. The molecule has 2 N–H and O–H groups in total. The van der Waals surface area contributed by atoms with E-state index in [9.17, 15) is 9.90 Å². The van der Waals surface area contributed by atoms with Gasteiger partial charge in [-0.05, 0) is 69.4 Å². The summed E-state index contributed by atoms with van der Waals surface area (Å²) in [4.78, 5) is 27.7. The average Bonchev–Trinajstić information content (AvgIpc) is 2.86. The summed E-state index contributed by atoms with van der Waals surface area (Å²) in [5.74, 6) is 0.317. The minimum Gasteiger partial charge on any atom is -0.508 e. The van der Waals surface area contributed by atoms with Gasteiger partial charge in [-0.2, -0.15) is 4.98 Å². The largest absolute Gasteiger partial charge is 0.508 e. The number of fused-ring (bicyclic) bond motifs is 2. The Morgan fingerprint density at radius 2 is 1.86 bits per heavy atom. The number of likely N-dealkylation sites (N-methyl/N-ethyl adjacent to an activating group) is 2. The third-order valence-corrected chi connectivity index (χ3v) is 7.62. The zero-order chi connectivity index (χ0) is 30.3. The second-order valence-electron chi connectivity index (χ2n) is 11.9. The first-order chi connectivity index (χ1) is 19.8. The van der Waals surface area contributed by atoms with Crippen molar-refractivity contribution in [3.8, 4) is 16.9 Å². The number of halogens is 2. The number of carbonyl (C=O) groups excluding carboxylic acids is 1. The Balaban J connectivity index is 1.58. The van der Waals surface area contributed by atoms with Crippen molar-refractivity contribution in [1.29, 1.82) is 0 Å². The molecule has 0 aliphatic carbocycles. The monoisotopic (exact) mass is 594 g/mol. The molecule has 3 aromatic carbocycles. The van der Waals surface area contributed by atoms with Crippen molar-refractivity contribution in [1.82, 2.24) is 20.2 Å². The summed E-state index contributed by atoms with van der Waals surface area (Å²) >= 11 is 6.79. The third-order valence-electron chi connectivity index (χ3n) is 7.32. The van der Waals surface area contributed by atoms with E-state index in [1.807, 2.05) is 55.2 Å². The van der Waals surface area contributed by atoms with Gasteiger partial charge in [0.15, 0.2) is 5.82 Å². The van der Waals surface area contributed by atoms with Gasteiger partial charge in [0, 0.05) is 50.2 Å². The molecule has 11 heteroatoms. The SMILES string of the molecule is CN(CCNC(=O)OC(C)(C)C)c1nc(N2CC(N(C)C)C2)nc2c(F)c(-c3cc(O)cc4ccccc34)c(Cl)cc12. The van der Waals surface area contributed by atoms with Crippen LogP contribution in [0.15, 0.2) is 42.5 Å². The van der Waals surface area contributed by atoms with Crippen LogP contribution in [0.1, 0.15) is 20.8 Å². The summed E-state index contributed by atoms with van der Waals surface area (Å²) in [5, 5.41) is 15.3. The van der Waals surface area contributed by atoms with E-state index in [0.29, 0.717) is 48.4 Å². The van der Waals surface area contributed by atoms with Gasteiger partial charge in [-0.15, -0.1) is 0 Å². The second kappa shape index (κ2) is 11.4. The number of phenolic OH excluding ortho intramolecular Hbond substituents is 1. The quantitative estimate of drug-likeness (QED) is 0.283. The van der Waals surface area contributed by atoms with E-state index in [2.05, 4.69) is 10.2 Å². The van der Waals surface area contributed by atoms with Crippen LogP contribution in [-0.2, 0) is 4.74 Å². The first kappa shape index (κ1) is 29.6. The van der Waals surface area contributed by atoms with E-state index in [1.54, 1.807) is 32.9 Å². The molecule has 1 aliphatic rings. The number of alkyl carbamates (subject to hydrolysis) is 1. The van der Waals surface area contributed by atoms with Crippen molar-refractivity contribution in [3.05, 3.63) is 53.3 Å². The van der Waals surface area contributed by atoms with Crippen molar-refractivity contribution >= 4 is 51.1 Å². The number of phenols is 1. The number of nitrogens with zero attached hydrogens (tertiary/aromatic N) is 5. The number of nitrogens with one attached hydrogen (secondary N) is 1. The Labute approximate surface area is 249 Å². The molecule has 1 amide bonds. The Morgan fingerprint density at radius 3 is 2.55 bits per heavy atom. The minimum absolute atomic E-state index is 0.0101. The topological polar surface area (TPSA) is 94.1 Å². The molecular weight excluding hydrogens is 559 g/mol. The number of hydrogen-bond acceptors (Lipinski definition) is 8. The maximum Gasteiger partial charge on any atom is 0.407 e. The van der Waals surface area contributed by atoms with Crippen molar-refractivity contribution in [2.45, 2.75) is 32.4 Å². The summed E-state index contributed by atoms with van der Waals surface area (Å²) < 4.78 is 22.0. The molecule has 2 heterocycles. The average molecular weight is 595 g/mol. The zero-order valence-electron chi connectivity index (χ0n) is 24.7. The highest BCUT2D eigenvalue weighted by Gasteiger charge is 2.32. The number of aromatic hydroxyl groups is 1. The molecule has 9 nitrogen and oxygen atoms in total. The minimum atomic E-state index is -0.609. The van der Waals surface area contributed by atoms with Crippen LogP contribution in [-0.4, -0.2) is 85.0 Å². The van der Waals surface area contributed by atoms with E-state index >= 15 is 4.39 Å². The predicted molar refractivity (Wildman–Crippen MR) is 166 cm³/mol. The number of benzene rings is 3. The molecule has 1 aliphatic heterocycles. The lowest BCUT2D eigenvalue weighted by Gasteiger charge is -2.43. The number of anilines is 2. The maximum absolute atomic E-state index is 16.6. The van der Waals surface area contributed by atoms with Gasteiger partial charge in [-0.1, -0.05) is 35.9 Å². The van der Waals surface area contributed by atoms with E-state index in [4.69, 9.17) is 26.3 Å². The van der Waals surface area contributed by atoms with Gasteiger partial charge in [-0.3, -0.25) is 0 Å². The summed E-state index contributed by atoms with van der Waals surface area (Å²) in [6.45, 7) is 7.48. The van der Waals surface area contributed by atoms with Crippen molar-refractivity contribution < 1.29 is 19.0 Å². The predicted octanol–water partition coefficient (Wildman–Crippen LogP) is 5.66. The van der Waals surface area contributed by atoms with Gasteiger partial charge >= 0.3 is 6.09 Å². The van der Waals surface area contributed by atoms with Crippen LogP contribution in [0.5, 0.6) is 5.75 Å². The lowest BCUT2D eigenvalue weighted by atomic mass is 9.96. The van der Waals surface area contributed by atoms with Gasteiger partial charge < -0.3 is 29.9 Å². The lowest BCUT2D eigenvalue weighted by molar-refractivity contribution is 0.0529. The van der Waals surface area contributed by atoms with Crippen LogP contribution in [0.3, 0.4) is 0 Å². The summed E-state index contributed by atoms with van der Waals surface area (Å²) in [6, 6.07) is 12.6. The van der Waals surface area contributed by atoms with Crippen molar-refractivity contribution in [2.24, 2.45) is 0 Å². The van der Waals surface area contributed by atoms with Crippen LogP contribution in [0.4, 0.5) is 21.0 Å². The van der Waals surface area contributed by atoms with Crippen molar-refractivity contribution in [2.75, 3.05) is 57.1 Å². The van der Waals surface area contributed by atoms with Gasteiger partial charge in [0.2, 0.25) is 5.95 Å². The Hall–Kier alpha value is -3.89. The molecule has 1 aromatic heterocycles. The fourth-order valence-electron chi connectivity index (χ4n) is 5.04. The maximum atomic E-state index is 16.6. The van der Waals surface area contributed by atoms with Gasteiger partial charge in [0.05, 0.1) is 5.02 Å². The van der Waals surface area contributed by atoms with Gasteiger partial charge in [-0.25, -0.2) is 14.2 Å². The Bertz CT molecular complexity index is 1650. The molecule has 0 saturated carbocycles. The number of carbonyl (C=O) groups is 1. The van der Waals surface area contributed by atoms with Crippen LogP contribution < -0.4 is 15.1 Å². The van der Waals surface area contributed by atoms with Gasteiger partial charge in [0.1, 0.15) is 22.7 Å². The van der Waals surface area contributed by atoms with Gasteiger partial charge in [0.25, 0.3) is 0 Å². The fourth-order valence-corrected chi connectivity index (χ4v) is 5.33. The molecule has 4 aromatic rings. The van der Waals surface area contributed by atoms with E-state index in [0.717, 1.165) is 10.8 Å². The van der Waals surface area contributed by atoms with Crippen LogP contribution in [0.2, 0.25) is 5.02 Å². The molecule has 222 valence electrons. The number of ether oxygens (including phenoxy) is 1. The first-order valence-corrected chi connectivity index (χ1v) is 14.2. The van der Waals surface area contributed by atoms with Crippen LogP contribution >= 0.6 is 11.6 Å². The standard InChI is InChI=1S/C31H36ClFN6O3/c1-31(2,3)42-30(41)34-11-12-38(6)28-23-15-24(32)25(22-14-20(40)13-18-9-7-8-10-21(18)22)26(33)27(23)35-29(36-28)39-16-19(17-39)37(4)5/h7-10,13-15,19,40H,11-12,16-17H2,1-6H3,(H,34,41). The summed E-state index contributed by atoms with van der Waals surface area (Å²) in [5.41, 5.74) is 0.156. The van der Waals surface area contributed by atoms with Crippen LogP contribution in [0, 0.1) is 5.82 Å². The van der Waals surface area contributed by atoms with E-state index in [-0.39, 0.29) is 28.4 Å². The second-order valence-corrected chi connectivity index (χ2v) is 12.3. The molecule has 0 radical (unpaired) electrons. The fraction of sp³-hybridized carbons (Fsp3) is 0.387. The molecule has 1 saturated heterocycles. The lowest BCUT2D eigenvalue weighted by Crippen LogP contribution is -2.58. The first-order valence-electron chi connectivity index (χ1n) is 13.8. The summed E-state index contributed by atoms with van der Waals surface area (Å²) in [6.07, 6.45) is -0.517. The molecule has 1 fully saturated rings. The van der Waals surface area contributed by atoms with Crippen LogP contribution in [0.25, 0.3) is 32.8 Å². The highest BCUT2D eigenvalue weighted by atomic mass is 35.5. The highest BCUT2D eigenvalue weighted by molar-refractivity contribution is 6.35. The molecule has 42 heavy (non-hydrogen) atoms. The number of aromatic nitrogens is 2. The van der Waals surface area contributed by atoms with Crippen molar-refractivity contribution in [3.63, 3.8) is 0 Å². The zero-order valence-corrected chi connectivity index (χ0v) is 25.5. The third kappa shape index (κ3) is 6.00. The van der Waals surface area contributed by atoms with E-state index in [1.165, 1.54) is 6.07 Å². The Kier molecular flexibility index (Phi) is 8.04. The smallest absolute Gasteiger partial charge is 0.407 e. The molecule has 0 unspecified atom stereocenters. The number of amides is 1. The molecule has 0 spiro atoms. The molecule has 0 bridgehead atoms. The molecule has 5 rings (SSSR count). The molecular formula is C31H36ClFN6O3. The highest BCUT2D eigenvalue weighted by Crippen LogP contribution is 2.42. The molecule has 0 atom stereocenters. The van der Waals surface area contributed by atoms with E-state index < -0.39 is 17.5 Å². The number of rotatable bonds is 7.